The minimum atomic E-state index is -2.13. The number of hydrogen-bond acceptors (Lipinski definition) is 4. The lowest BCUT2D eigenvalue weighted by atomic mass is 10.1. The van der Waals surface area contributed by atoms with Crippen LogP contribution in [0.2, 0.25) is 0 Å². The summed E-state index contributed by atoms with van der Waals surface area (Å²) in [5.41, 5.74) is 2.44. The molecule has 0 spiro atoms. The van der Waals surface area contributed by atoms with E-state index in [1.807, 2.05) is 18.2 Å². The molecule has 0 aliphatic carbocycles. The average molecular weight is 452 g/mol. The van der Waals surface area contributed by atoms with Crippen LogP contribution in [0.3, 0.4) is 0 Å². The smallest absolute Gasteiger partial charge is 0.303 e. The van der Waals surface area contributed by atoms with Crippen molar-refractivity contribution in [3.63, 3.8) is 0 Å². The van der Waals surface area contributed by atoms with E-state index in [0.29, 0.717) is 37.2 Å². The van der Waals surface area contributed by atoms with E-state index in [4.69, 9.17) is 17.0 Å². The average Bonchev–Trinajstić information content (AvgIpc) is 3.36. The van der Waals surface area contributed by atoms with Gasteiger partial charge in [-0.05, 0) is 62.9 Å². The Balaban J connectivity index is 1.78. The molecule has 0 fully saturated rings. The number of aliphatic carboxylic acids is 1. The van der Waals surface area contributed by atoms with E-state index in [9.17, 15) is 9.59 Å². The fourth-order valence-corrected chi connectivity index (χ4v) is 3.34. The molecule has 1 heterocycles. The van der Waals surface area contributed by atoms with Crippen LogP contribution in [-0.4, -0.2) is 34.5 Å². The van der Waals surface area contributed by atoms with Crippen LogP contribution in [-0.2, 0) is 11.3 Å². The van der Waals surface area contributed by atoms with Crippen LogP contribution in [0.1, 0.15) is 58.2 Å². The van der Waals surface area contributed by atoms with E-state index in [0.717, 1.165) is 11.1 Å². The summed E-state index contributed by atoms with van der Waals surface area (Å²) in [7, 11) is 0. The summed E-state index contributed by atoms with van der Waals surface area (Å²) in [6.07, 6.45) is 5.25. The van der Waals surface area contributed by atoms with E-state index in [-0.39, 0.29) is 12.0 Å². The number of amides is 1. The molecule has 0 unspecified atom stereocenters. The highest BCUT2D eigenvalue weighted by Gasteiger charge is 2.21. The number of rotatable bonds is 12. The topological polar surface area (TPSA) is 80.0 Å². The van der Waals surface area contributed by atoms with Crippen LogP contribution in [0.15, 0.2) is 71.5 Å². The first-order valence-electron chi connectivity index (χ1n) is 12.1. The molecule has 3 aromatic rings. The molecule has 0 atom stereocenters. The summed E-state index contributed by atoms with van der Waals surface area (Å²) in [6, 6.07) is 15.2. The van der Waals surface area contributed by atoms with Gasteiger partial charge in [-0.1, -0.05) is 30.3 Å². The van der Waals surface area contributed by atoms with Crippen molar-refractivity contribution in [2.45, 2.75) is 52.1 Å². The molecule has 0 saturated carbocycles. The normalized spacial score (nSPS) is 12.2. The third-order valence-corrected chi connectivity index (χ3v) is 5.14. The zero-order valence-corrected chi connectivity index (χ0v) is 19.0. The molecule has 1 amide bonds. The predicted octanol–water partition coefficient (Wildman–Crippen LogP) is 6.02. The highest BCUT2D eigenvalue weighted by atomic mass is 16.5. The highest BCUT2D eigenvalue weighted by Crippen LogP contribution is 2.24. The largest absolute Gasteiger partial charge is 0.493 e. The number of carbonyl (C=O) groups is 2. The maximum Gasteiger partial charge on any atom is 0.303 e. The maximum absolute atomic E-state index is 13.5. The van der Waals surface area contributed by atoms with Gasteiger partial charge < -0.3 is 19.2 Å². The first-order chi connectivity index (χ1) is 16.7. The summed E-state index contributed by atoms with van der Waals surface area (Å²) < 4.78 is 28.9. The maximum atomic E-state index is 13.5. The Morgan fingerprint density at radius 2 is 1.79 bits per heavy atom. The molecule has 1 N–H and O–H groups in total. The van der Waals surface area contributed by atoms with Crippen molar-refractivity contribution in [3.8, 4) is 16.9 Å². The highest BCUT2D eigenvalue weighted by molar-refractivity contribution is 5.95. The van der Waals surface area contributed by atoms with Gasteiger partial charge >= 0.3 is 5.97 Å². The fraction of sp³-hybridized carbons (Fsp3) is 0.333. The number of benzene rings is 2. The molecule has 0 aliphatic rings. The van der Waals surface area contributed by atoms with E-state index >= 15 is 0 Å². The van der Waals surface area contributed by atoms with Crippen LogP contribution < -0.4 is 4.74 Å². The van der Waals surface area contributed by atoms with Crippen LogP contribution in [0.5, 0.6) is 5.75 Å². The number of unbranched alkanes of at least 4 members (excludes halogenated alkanes) is 2. The summed E-state index contributed by atoms with van der Waals surface area (Å²) in [6.45, 7) is 1.76. The summed E-state index contributed by atoms with van der Waals surface area (Å²) >= 11 is 0. The number of para-hydroxylation sites is 1. The molecule has 0 bridgehead atoms. The van der Waals surface area contributed by atoms with Gasteiger partial charge in [-0.15, -0.1) is 0 Å². The van der Waals surface area contributed by atoms with Gasteiger partial charge in [0.1, 0.15) is 5.75 Å². The zero-order chi connectivity index (χ0) is 25.4. The molecular weight excluding hydrogens is 418 g/mol. The first kappa shape index (κ1) is 21.3. The Bertz CT molecular complexity index is 1110. The van der Waals surface area contributed by atoms with Crippen molar-refractivity contribution >= 4 is 11.9 Å². The van der Waals surface area contributed by atoms with Crippen molar-refractivity contribution in [3.05, 3.63) is 78.3 Å². The lowest BCUT2D eigenvalue weighted by Crippen LogP contribution is -2.36. The quantitative estimate of drug-likeness (QED) is 0.341. The Labute approximate surface area is 197 Å². The van der Waals surface area contributed by atoms with Crippen LogP contribution in [0, 0.1) is 0 Å². The van der Waals surface area contributed by atoms with Gasteiger partial charge in [0.2, 0.25) is 0 Å². The van der Waals surface area contributed by atoms with Gasteiger partial charge in [-0.2, -0.15) is 0 Å². The molecule has 1 aromatic heterocycles. The van der Waals surface area contributed by atoms with E-state index in [1.54, 1.807) is 62.8 Å². The number of carboxylic acid groups (broad SMARTS) is 1. The number of ether oxygens (including phenoxy) is 1. The minimum Gasteiger partial charge on any atom is -0.493 e. The lowest BCUT2D eigenvalue weighted by molar-refractivity contribution is -0.137. The lowest BCUT2D eigenvalue weighted by Gasteiger charge is -2.28. The predicted molar refractivity (Wildman–Crippen MR) is 127 cm³/mol. The molecule has 0 aliphatic heterocycles. The second-order valence-corrected chi connectivity index (χ2v) is 8.02. The molecule has 33 heavy (non-hydrogen) atoms. The number of furan rings is 1. The SMILES string of the molecule is [2H]C([2H])(c1ccccc1OCCCCCC(=O)O)N(C(=O)c1ccc(-c2ccoc2)cc1)C(C)C. The molecule has 2 aromatic carbocycles. The van der Waals surface area contributed by atoms with E-state index < -0.39 is 24.4 Å². The van der Waals surface area contributed by atoms with Gasteiger partial charge in [0.05, 0.1) is 21.9 Å². The number of carboxylic acids is 1. The summed E-state index contributed by atoms with van der Waals surface area (Å²) in [5.74, 6) is -0.879. The molecule has 0 radical (unpaired) electrons. The minimum absolute atomic E-state index is 0.119. The second kappa shape index (κ2) is 11.9. The van der Waals surface area contributed by atoms with Gasteiger partial charge in [0, 0.05) is 35.6 Å². The van der Waals surface area contributed by atoms with Gasteiger partial charge in [0.15, 0.2) is 0 Å². The summed E-state index contributed by atoms with van der Waals surface area (Å²) in [4.78, 5) is 25.4. The number of hydrogen-bond donors (Lipinski definition) is 1. The van der Waals surface area contributed by atoms with Crippen molar-refractivity contribution in [2.24, 2.45) is 0 Å². The second-order valence-electron chi connectivity index (χ2n) is 8.02. The Kier molecular flexibility index (Phi) is 7.69. The molecule has 6 heteroatoms. The first-order valence-corrected chi connectivity index (χ1v) is 11.1. The zero-order valence-electron chi connectivity index (χ0n) is 21.0. The van der Waals surface area contributed by atoms with Gasteiger partial charge in [0.25, 0.3) is 5.91 Å². The molecule has 3 rings (SSSR count). The monoisotopic (exact) mass is 451 g/mol. The van der Waals surface area contributed by atoms with Crippen molar-refractivity contribution in [2.75, 3.05) is 6.61 Å². The van der Waals surface area contributed by atoms with E-state index in [1.165, 1.54) is 4.90 Å². The van der Waals surface area contributed by atoms with Crippen LogP contribution in [0.25, 0.3) is 11.1 Å². The van der Waals surface area contributed by atoms with Gasteiger partial charge in [-0.25, -0.2) is 0 Å². The van der Waals surface area contributed by atoms with Crippen molar-refractivity contribution < 1.29 is 26.6 Å². The molecule has 174 valence electrons. The third-order valence-electron chi connectivity index (χ3n) is 5.14. The molecular formula is C27H31NO5. The number of carbonyl (C=O) groups excluding carboxylic acids is 1. The number of nitrogens with zero attached hydrogens (tertiary/aromatic N) is 1. The van der Waals surface area contributed by atoms with Crippen molar-refractivity contribution in [1.82, 2.24) is 4.90 Å². The van der Waals surface area contributed by atoms with Crippen molar-refractivity contribution in [1.29, 1.82) is 0 Å². The Hall–Kier alpha value is -3.54. The van der Waals surface area contributed by atoms with Crippen LogP contribution in [0.4, 0.5) is 0 Å². The standard InChI is InChI=1S/C27H31NO5/c1-20(2)28(27(31)22-13-11-21(12-14-22)24-15-17-32-19-24)18-23-8-5-6-9-25(23)33-16-7-3-4-10-26(29)30/h5-6,8-9,11-15,17,19-20H,3-4,7,10,16,18H2,1-2H3,(H,29,30)/i18D2. The molecule has 0 saturated heterocycles. The third kappa shape index (κ3) is 6.97. The Morgan fingerprint density at radius 1 is 1.03 bits per heavy atom. The van der Waals surface area contributed by atoms with Gasteiger partial charge in [-0.3, -0.25) is 9.59 Å². The fourth-order valence-electron chi connectivity index (χ4n) is 3.34. The Morgan fingerprint density at radius 3 is 2.45 bits per heavy atom. The summed E-state index contributed by atoms with van der Waals surface area (Å²) in [5, 5.41) is 8.75. The van der Waals surface area contributed by atoms with E-state index in [2.05, 4.69) is 0 Å². The molecule has 6 nitrogen and oxygen atoms in total. The van der Waals surface area contributed by atoms with Crippen LogP contribution >= 0.6 is 0 Å².